The van der Waals surface area contributed by atoms with Crippen molar-refractivity contribution in [2.45, 2.75) is 52.4 Å². The fourth-order valence-corrected chi connectivity index (χ4v) is 2.07. The molecule has 0 spiro atoms. The van der Waals surface area contributed by atoms with E-state index in [9.17, 15) is 4.79 Å². The molecular weight excluding hydrogens is 174 g/mol. The molecule has 1 atom stereocenters. The molecule has 1 aliphatic rings. The Kier molecular flexibility index (Phi) is 4.99. The summed E-state index contributed by atoms with van der Waals surface area (Å²) in [6.45, 7) is 6.27. The van der Waals surface area contributed by atoms with Gasteiger partial charge in [0.05, 0.1) is 0 Å². The van der Waals surface area contributed by atoms with Crippen LogP contribution in [0.1, 0.15) is 52.4 Å². The zero-order valence-electron chi connectivity index (χ0n) is 9.59. The van der Waals surface area contributed by atoms with Crippen LogP contribution in [0.4, 0.5) is 0 Å². The summed E-state index contributed by atoms with van der Waals surface area (Å²) >= 11 is 0. The standard InChI is InChI=1S/C12H23NO/c1-3-4-5-8-11(2)12(14)13-9-6-7-10-13/h11H,3-10H2,1-2H3. The highest BCUT2D eigenvalue weighted by Gasteiger charge is 2.22. The van der Waals surface area contributed by atoms with E-state index < -0.39 is 0 Å². The van der Waals surface area contributed by atoms with Crippen LogP contribution in [-0.2, 0) is 4.79 Å². The van der Waals surface area contributed by atoms with Gasteiger partial charge in [-0.25, -0.2) is 0 Å². The van der Waals surface area contributed by atoms with Gasteiger partial charge in [0.15, 0.2) is 0 Å². The van der Waals surface area contributed by atoms with Crippen molar-refractivity contribution in [3.05, 3.63) is 0 Å². The molecule has 1 rings (SSSR count). The van der Waals surface area contributed by atoms with Crippen molar-refractivity contribution < 1.29 is 4.79 Å². The van der Waals surface area contributed by atoms with Gasteiger partial charge in [-0.05, 0) is 19.3 Å². The Bertz CT molecular complexity index is 173. The van der Waals surface area contributed by atoms with E-state index in [0.29, 0.717) is 5.91 Å². The number of carbonyl (C=O) groups is 1. The first-order valence-electron chi connectivity index (χ1n) is 6.04. The van der Waals surface area contributed by atoms with Crippen LogP contribution >= 0.6 is 0 Å². The number of nitrogens with zero attached hydrogens (tertiary/aromatic N) is 1. The van der Waals surface area contributed by atoms with Crippen LogP contribution in [0.25, 0.3) is 0 Å². The third-order valence-electron chi connectivity index (χ3n) is 3.08. The molecule has 0 aromatic rings. The smallest absolute Gasteiger partial charge is 0.225 e. The van der Waals surface area contributed by atoms with Gasteiger partial charge in [0.25, 0.3) is 0 Å². The van der Waals surface area contributed by atoms with Gasteiger partial charge in [-0.15, -0.1) is 0 Å². The topological polar surface area (TPSA) is 20.3 Å². The molecule has 0 saturated carbocycles. The van der Waals surface area contributed by atoms with Crippen molar-refractivity contribution >= 4 is 5.91 Å². The lowest BCUT2D eigenvalue weighted by Gasteiger charge is -2.20. The Morgan fingerprint density at radius 2 is 1.93 bits per heavy atom. The van der Waals surface area contributed by atoms with Crippen LogP contribution in [0.15, 0.2) is 0 Å². The van der Waals surface area contributed by atoms with Crippen molar-refractivity contribution in [1.82, 2.24) is 4.90 Å². The van der Waals surface area contributed by atoms with Crippen LogP contribution in [0.3, 0.4) is 0 Å². The van der Waals surface area contributed by atoms with Gasteiger partial charge in [-0.1, -0.05) is 33.1 Å². The van der Waals surface area contributed by atoms with Crippen molar-refractivity contribution in [3.63, 3.8) is 0 Å². The average molecular weight is 197 g/mol. The summed E-state index contributed by atoms with van der Waals surface area (Å²) in [5.74, 6) is 0.637. The molecule has 0 aromatic heterocycles. The van der Waals surface area contributed by atoms with E-state index in [1.165, 1.54) is 32.1 Å². The summed E-state index contributed by atoms with van der Waals surface area (Å²) in [5.41, 5.74) is 0. The third-order valence-corrected chi connectivity index (χ3v) is 3.08. The largest absolute Gasteiger partial charge is 0.342 e. The summed E-state index contributed by atoms with van der Waals surface area (Å²) in [7, 11) is 0. The number of hydrogen-bond acceptors (Lipinski definition) is 1. The summed E-state index contributed by atoms with van der Waals surface area (Å²) in [6.07, 6.45) is 7.18. The molecular formula is C12H23NO. The van der Waals surface area contributed by atoms with E-state index in [2.05, 4.69) is 13.8 Å². The minimum absolute atomic E-state index is 0.250. The van der Waals surface area contributed by atoms with E-state index in [-0.39, 0.29) is 5.92 Å². The van der Waals surface area contributed by atoms with Gasteiger partial charge in [0, 0.05) is 19.0 Å². The molecule has 1 heterocycles. The number of rotatable bonds is 5. The van der Waals surface area contributed by atoms with Crippen molar-refractivity contribution in [2.75, 3.05) is 13.1 Å². The van der Waals surface area contributed by atoms with Gasteiger partial charge < -0.3 is 4.90 Å². The molecule has 0 aromatic carbocycles. The molecule has 0 radical (unpaired) electrons. The second kappa shape index (κ2) is 6.05. The zero-order chi connectivity index (χ0) is 10.4. The Morgan fingerprint density at radius 3 is 2.50 bits per heavy atom. The summed E-state index contributed by atoms with van der Waals surface area (Å²) in [4.78, 5) is 13.9. The number of amides is 1. The van der Waals surface area contributed by atoms with E-state index in [1.807, 2.05) is 4.90 Å². The van der Waals surface area contributed by atoms with E-state index in [4.69, 9.17) is 0 Å². The Hall–Kier alpha value is -0.530. The average Bonchev–Trinajstić information content (AvgIpc) is 2.69. The highest BCUT2D eigenvalue weighted by Crippen LogP contribution is 2.16. The molecule has 0 bridgehead atoms. The summed E-state index contributed by atoms with van der Waals surface area (Å²) in [5, 5.41) is 0. The third kappa shape index (κ3) is 3.32. The molecule has 0 N–H and O–H groups in total. The van der Waals surface area contributed by atoms with E-state index >= 15 is 0 Å². The minimum Gasteiger partial charge on any atom is -0.342 e. The van der Waals surface area contributed by atoms with E-state index in [1.54, 1.807) is 0 Å². The van der Waals surface area contributed by atoms with Crippen LogP contribution in [-0.4, -0.2) is 23.9 Å². The molecule has 1 unspecified atom stereocenters. The molecule has 2 nitrogen and oxygen atoms in total. The van der Waals surface area contributed by atoms with Gasteiger partial charge in [-0.2, -0.15) is 0 Å². The first-order chi connectivity index (χ1) is 6.75. The second-order valence-electron chi connectivity index (χ2n) is 4.43. The van der Waals surface area contributed by atoms with Gasteiger partial charge >= 0.3 is 0 Å². The quantitative estimate of drug-likeness (QED) is 0.621. The van der Waals surface area contributed by atoms with Crippen LogP contribution in [0.5, 0.6) is 0 Å². The predicted molar refractivity (Wildman–Crippen MR) is 59.1 cm³/mol. The monoisotopic (exact) mass is 197 g/mol. The molecule has 1 amide bonds. The minimum atomic E-state index is 0.250. The first kappa shape index (κ1) is 11.5. The predicted octanol–water partition coefficient (Wildman–Crippen LogP) is 2.83. The number of unbranched alkanes of at least 4 members (excludes halogenated alkanes) is 2. The van der Waals surface area contributed by atoms with Crippen molar-refractivity contribution in [2.24, 2.45) is 5.92 Å². The Morgan fingerprint density at radius 1 is 1.29 bits per heavy atom. The van der Waals surface area contributed by atoms with Crippen LogP contribution in [0, 0.1) is 5.92 Å². The number of likely N-dealkylation sites (tertiary alicyclic amines) is 1. The molecule has 0 aliphatic carbocycles. The molecule has 1 fully saturated rings. The van der Waals surface area contributed by atoms with Crippen LogP contribution < -0.4 is 0 Å². The Labute approximate surface area is 87.7 Å². The van der Waals surface area contributed by atoms with Crippen molar-refractivity contribution in [1.29, 1.82) is 0 Å². The lowest BCUT2D eigenvalue weighted by Crippen LogP contribution is -2.32. The maximum Gasteiger partial charge on any atom is 0.225 e. The highest BCUT2D eigenvalue weighted by atomic mass is 16.2. The summed E-state index contributed by atoms with van der Waals surface area (Å²) < 4.78 is 0. The van der Waals surface area contributed by atoms with Gasteiger partial charge in [0.1, 0.15) is 0 Å². The van der Waals surface area contributed by atoms with Crippen LogP contribution in [0.2, 0.25) is 0 Å². The SMILES string of the molecule is CCCCCC(C)C(=O)N1CCCC1. The normalized spacial score (nSPS) is 18.6. The van der Waals surface area contributed by atoms with E-state index in [0.717, 1.165) is 19.5 Å². The lowest BCUT2D eigenvalue weighted by molar-refractivity contribution is -0.134. The molecule has 82 valence electrons. The molecule has 1 saturated heterocycles. The number of carbonyl (C=O) groups excluding carboxylic acids is 1. The fraction of sp³-hybridized carbons (Fsp3) is 0.917. The Balaban J connectivity index is 2.21. The first-order valence-corrected chi connectivity index (χ1v) is 6.04. The molecule has 14 heavy (non-hydrogen) atoms. The number of hydrogen-bond donors (Lipinski definition) is 0. The second-order valence-corrected chi connectivity index (χ2v) is 4.43. The maximum atomic E-state index is 11.9. The zero-order valence-corrected chi connectivity index (χ0v) is 9.59. The molecule has 2 heteroatoms. The van der Waals surface area contributed by atoms with Gasteiger partial charge in [0.2, 0.25) is 5.91 Å². The lowest BCUT2D eigenvalue weighted by atomic mass is 10.0. The van der Waals surface area contributed by atoms with Gasteiger partial charge in [-0.3, -0.25) is 4.79 Å². The summed E-state index contributed by atoms with van der Waals surface area (Å²) in [6, 6.07) is 0. The highest BCUT2D eigenvalue weighted by molar-refractivity contribution is 5.78. The fourth-order valence-electron chi connectivity index (χ4n) is 2.07. The van der Waals surface area contributed by atoms with Crippen molar-refractivity contribution in [3.8, 4) is 0 Å². The molecule has 1 aliphatic heterocycles. The maximum absolute atomic E-state index is 11.9.